The SMILES string of the molecule is CC(C)CC(NC1CCCCC1C(C)(C)C)C(=O)O. The average Bonchev–Trinajstić information content (AvgIpc) is 2.26. The summed E-state index contributed by atoms with van der Waals surface area (Å²) < 4.78 is 0. The van der Waals surface area contributed by atoms with Gasteiger partial charge in [-0.2, -0.15) is 0 Å². The summed E-state index contributed by atoms with van der Waals surface area (Å²) in [7, 11) is 0. The molecule has 0 bridgehead atoms. The van der Waals surface area contributed by atoms with E-state index in [9.17, 15) is 9.90 Å². The highest BCUT2D eigenvalue weighted by Crippen LogP contribution is 2.38. The molecular formula is C16H31NO2. The molecule has 1 fully saturated rings. The molecule has 1 rings (SSSR count). The first-order chi connectivity index (χ1) is 8.71. The fraction of sp³-hybridized carbons (Fsp3) is 0.938. The molecule has 0 amide bonds. The number of hydrogen-bond acceptors (Lipinski definition) is 2. The van der Waals surface area contributed by atoms with Crippen molar-refractivity contribution in [2.45, 2.75) is 78.8 Å². The van der Waals surface area contributed by atoms with Crippen LogP contribution in [0.2, 0.25) is 0 Å². The van der Waals surface area contributed by atoms with Gasteiger partial charge in [-0.05, 0) is 36.5 Å². The van der Waals surface area contributed by atoms with E-state index in [0.717, 1.165) is 6.42 Å². The Balaban J connectivity index is 2.72. The second-order valence-corrected chi connectivity index (χ2v) is 7.55. The van der Waals surface area contributed by atoms with Gasteiger partial charge < -0.3 is 10.4 Å². The van der Waals surface area contributed by atoms with Crippen LogP contribution >= 0.6 is 0 Å². The van der Waals surface area contributed by atoms with Crippen LogP contribution in [0.5, 0.6) is 0 Å². The molecule has 0 radical (unpaired) electrons. The van der Waals surface area contributed by atoms with Gasteiger partial charge in [0.05, 0.1) is 0 Å². The molecule has 3 unspecified atom stereocenters. The van der Waals surface area contributed by atoms with Crippen molar-refractivity contribution in [1.82, 2.24) is 5.32 Å². The largest absolute Gasteiger partial charge is 0.480 e. The van der Waals surface area contributed by atoms with Crippen LogP contribution in [0, 0.1) is 17.3 Å². The molecular weight excluding hydrogens is 238 g/mol. The zero-order valence-corrected chi connectivity index (χ0v) is 13.2. The molecule has 0 aromatic heterocycles. The second-order valence-electron chi connectivity index (χ2n) is 7.55. The van der Waals surface area contributed by atoms with Crippen molar-refractivity contribution in [1.29, 1.82) is 0 Å². The highest BCUT2D eigenvalue weighted by Gasteiger charge is 2.36. The first kappa shape index (κ1) is 16.5. The highest BCUT2D eigenvalue weighted by molar-refractivity contribution is 5.73. The van der Waals surface area contributed by atoms with Gasteiger partial charge >= 0.3 is 5.97 Å². The molecule has 19 heavy (non-hydrogen) atoms. The van der Waals surface area contributed by atoms with E-state index in [1.54, 1.807) is 0 Å². The lowest BCUT2D eigenvalue weighted by Crippen LogP contribution is -2.51. The van der Waals surface area contributed by atoms with Crippen molar-refractivity contribution in [2.24, 2.45) is 17.3 Å². The topological polar surface area (TPSA) is 49.3 Å². The Hall–Kier alpha value is -0.570. The van der Waals surface area contributed by atoms with Crippen molar-refractivity contribution < 1.29 is 9.90 Å². The quantitative estimate of drug-likeness (QED) is 0.800. The van der Waals surface area contributed by atoms with E-state index in [0.29, 0.717) is 24.3 Å². The Labute approximate surface area is 118 Å². The smallest absolute Gasteiger partial charge is 0.320 e. The van der Waals surface area contributed by atoms with Gasteiger partial charge in [-0.25, -0.2) is 0 Å². The third kappa shape index (κ3) is 5.13. The minimum absolute atomic E-state index is 0.249. The van der Waals surface area contributed by atoms with Crippen LogP contribution in [0.1, 0.15) is 66.7 Å². The summed E-state index contributed by atoms with van der Waals surface area (Å²) >= 11 is 0. The fourth-order valence-corrected chi connectivity index (χ4v) is 3.34. The zero-order chi connectivity index (χ0) is 14.6. The Morgan fingerprint density at radius 3 is 2.32 bits per heavy atom. The number of carboxylic acids is 1. The molecule has 3 nitrogen and oxygen atoms in total. The van der Waals surface area contributed by atoms with Gasteiger partial charge in [0.25, 0.3) is 0 Å². The maximum Gasteiger partial charge on any atom is 0.320 e. The molecule has 0 aromatic rings. The summed E-state index contributed by atoms with van der Waals surface area (Å²) in [5.74, 6) is 0.285. The maximum atomic E-state index is 11.4. The van der Waals surface area contributed by atoms with Crippen molar-refractivity contribution in [3.63, 3.8) is 0 Å². The number of carbonyl (C=O) groups is 1. The van der Waals surface area contributed by atoms with Gasteiger partial charge in [0.2, 0.25) is 0 Å². The molecule has 112 valence electrons. The Morgan fingerprint density at radius 1 is 1.26 bits per heavy atom. The molecule has 3 atom stereocenters. The van der Waals surface area contributed by atoms with Crippen LogP contribution in [0.15, 0.2) is 0 Å². The number of rotatable bonds is 5. The highest BCUT2D eigenvalue weighted by atomic mass is 16.4. The van der Waals surface area contributed by atoms with Gasteiger partial charge in [-0.3, -0.25) is 4.79 Å². The van der Waals surface area contributed by atoms with E-state index >= 15 is 0 Å². The van der Waals surface area contributed by atoms with E-state index in [2.05, 4.69) is 39.9 Å². The van der Waals surface area contributed by atoms with Crippen molar-refractivity contribution in [3.8, 4) is 0 Å². The Kier molecular flexibility index (Phi) is 5.84. The third-order valence-electron chi connectivity index (χ3n) is 4.30. The first-order valence-electron chi connectivity index (χ1n) is 7.70. The van der Waals surface area contributed by atoms with Crippen LogP contribution in [-0.4, -0.2) is 23.2 Å². The standard InChI is InChI=1S/C16H31NO2/c1-11(2)10-14(15(18)19)17-13-9-7-6-8-12(13)16(3,4)5/h11-14,17H,6-10H2,1-5H3,(H,18,19). The molecule has 1 aliphatic rings. The van der Waals surface area contributed by atoms with Crippen molar-refractivity contribution >= 4 is 5.97 Å². The predicted molar refractivity (Wildman–Crippen MR) is 79.2 cm³/mol. The molecule has 2 N–H and O–H groups in total. The average molecular weight is 269 g/mol. The van der Waals surface area contributed by atoms with Gasteiger partial charge in [-0.1, -0.05) is 47.5 Å². The van der Waals surface area contributed by atoms with E-state index in [4.69, 9.17) is 0 Å². The van der Waals surface area contributed by atoms with Crippen molar-refractivity contribution in [2.75, 3.05) is 0 Å². The molecule has 3 heteroatoms. The first-order valence-corrected chi connectivity index (χ1v) is 7.70. The van der Waals surface area contributed by atoms with Gasteiger partial charge in [-0.15, -0.1) is 0 Å². The van der Waals surface area contributed by atoms with Crippen LogP contribution < -0.4 is 5.32 Å². The summed E-state index contributed by atoms with van der Waals surface area (Å²) in [5, 5.41) is 12.8. The third-order valence-corrected chi connectivity index (χ3v) is 4.30. The summed E-state index contributed by atoms with van der Waals surface area (Å²) in [4.78, 5) is 11.4. The number of carboxylic acid groups (broad SMARTS) is 1. The monoisotopic (exact) mass is 269 g/mol. The number of nitrogens with one attached hydrogen (secondary N) is 1. The summed E-state index contributed by atoms with van der Waals surface area (Å²) in [6, 6.07) is -0.0402. The van der Waals surface area contributed by atoms with Crippen LogP contribution in [-0.2, 0) is 4.79 Å². The molecule has 0 heterocycles. The van der Waals surface area contributed by atoms with Gasteiger partial charge in [0.1, 0.15) is 6.04 Å². The second kappa shape index (κ2) is 6.74. The molecule has 0 spiro atoms. The summed E-state index contributed by atoms with van der Waals surface area (Å²) in [6.45, 7) is 11.0. The minimum atomic E-state index is -0.702. The molecule has 0 aliphatic heterocycles. The lowest BCUT2D eigenvalue weighted by Gasteiger charge is -2.42. The molecule has 1 saturated carbocycles. The summed E-state index contributed by atoms with van der Waals surface area (Å²) in [6.07, 6.45) is 5.54. The number of hydrogen-bond donors (Lipinski definition) is 2. The van der Waals surface area contributed by atoms with Gasteiger partial charge in [0, 0.05) is 6.04 Å². The minimum Gasteiger partial charge on any atom is -0.480 e. The van der Waals surface area contributed by atoms with E-state index in [1.807, 2.05) is 0 Å². The lowest BCUT2D eigenvalue weighted by molar-refractivity contribution is -0.140. The molecule has 0 saturated heterocycles. The number of aliphatic carboxylic acids is 1. The maximum absolute atomic E-state index is 11.4. The van der Waals surface area contributed by atoms with Crippen molar-refractivity contribution in [3.05, 3.63) is 0 Å². The van der Waals surface area contributed by atoms with Gasteiger partial charge in [0.15, 0.2) is 0 Å². The van der Waals surface area contributed by atoms with Crippen LogP contribution in [0.25, 0.3) is 0 Å². The summed E-state index contributed by atoms with van der Waals surface area (Å²) in [5.41, 5.74) is 0.249. The zero-order valence-electron chi connectivity index (χ0n) is 13.2. The lowest BCUT2D eigenvalue weighted by atomic mass is 9.69. The van der Waals surface area contributed by atoms with Crippen LogP contribution in [0.3, 0.4) is 0 Å². The van der Waals surface area contributed by atoms with E-state index in [1.165, 1.54) is 19.3 Å². The van der Waals surface area contributed by atoms with E-state index in [-0.39, 0.29) is 5.41 Å². The molecule has 1 aliphatic carbocycles. The Bertz CT molecular complexity index is 294. The van der Waals surface area contributed by atoms with E-state index < -0.39 is 12.0 Å². The normalized spacial score (nSPS) is 26.4. The molecule has 0 aromatic carbocycles. The Morgan fingerprint density at radius 2 is 1.84 bits per heavy atom. The predicted octanol–water partition coefficient (Wildman–Crippen LogP) is 3.68. The fourth-order valence-electron chi connectivity index (χ4n) is 3.34. The van der Waals surface area contributed by atoms with Crippen LogP contribution in [0.4, 0.5) is 0 Å².